The maximum absolute atomic E-state index is 12.1. The molecule has 1 aromatic heterocycles. The number of halogens is 1. The third-order valence-corrected chi connectivity index (χ3v) is 4.89. The number of nitrogens with zero attached hydrogens (tertiary/aromatic N) is 2. The molecule has 1 saturated heterocycles. The molecule has 1 aromatic carbocycles. The number of ether oxygens (including phenoxy) is 1. The van der Waals surface area contributed by atoms with E-state index in [1.54, 1.807) is 0 Å². The fourth-order valence-electron chi connectivity index (χ4n) is 3.06. The molecule has 1 aliphatic heterocycles. The van der Waals surface area contributed by atoms with Gasteiger partial charge in [0.2, 0.25) is 0 Å². The lowest BCUT2D eigenvalue weighted by Gasteiger charge is -2.16. The third-order valence-electron chi connectivity index (χ3n) is 4.08. The Morgan fingerprint density at radius 2 is 2.13 bits per heavy atom. The molecule has 1 fully saturated rings. The van der Waals surface area contributed by atoms with Crippen LogP contribution in [0, 0.1) is 5.92 Å². The van der Waals surface area contributed by atoms with Crippen LogP contribution < -0.4 is 5.73 Å². The van der Waals surface area contributed by atoms with E-state index in [4.69, 9.17) is 10.5 Å². The topological polar surface area (TPSA) is 68.5 Å². The molecule has 0 saturated carbocycles. The van der Waals surface area contributed by atoms with Gasteiger partial charge < -0.3 is 10.5 Å². The molecular weight excluding hydrogens is 334 g/mol. The molecule has 2 atom stereocenters. The van der Waals surface area contributed by atoms with Crippen LogP contribution in [-0.4, -0.2) is 36.1 Å². The average Bonchev–Trinajstić information content (AvgIpc) is 3.14. The number of hydrogen-bond acceptors (Lipinski definition) is 6. The number of esters is 1. The van der Waals surface area contributed by atoms with E-state index in [0.29, 0.717) is 11.7 Å². The number of benzene rings is 1. The van der Waals surface area contributed by atoms with E-state index in [1.807, 2.05) is 24.4 Å². The molecule has 7 heteroatoms. The Kier molecular flexibility index (Phi) is 5.98. The highest BCUT2D eigenvalue weighted by atomic mass is 35.5. The summed E-state index contributed by atoms with van der Waals surface area (Å²) in [6, 6.07) is 10.2. The van der Waals surface area contributed by atoms with Gasteiger partial charge in [0.25, 0.3) is 0 Å². The Labute approximate surface area is 145 Å². The Bertz CT molecular complexity index is 650. The van der Waals surface area contributed by atoms with Gasteiger partial charge in [-0.15, -0.1) is 23.7 Å². The second kappa shape index (κ2) is 7.77. The first-order chi connectivity index (χ1) is 10.7. The van der Waals surface area contributed by atoms with E-state index in [1.165, 1.54) is 24.0 Å². The average molecular weight is 354 g/mol. The Morgan fingerprint density at radius 1 is 1.39 bits per heavy atom. The number of anilines is 1. The largest absolute Gasteiger partial charge is 0.469 e. The van der Waals surface area contributed by atoms with Crippen LogP contribution in [0.15, 0.2) is 36.5 Å². The van der Waals surface area contributed by atoms with E-state index in [2.05, 4.69) is 22.0 Å². The van der Waals surface area contributed by atoms with Crippen molar-refractivity contribution in [3.05, 3.63) is 47.0 Å². The fourth-order valence-corrected chi connectivity index (χ4v) is 3.79. The van der Waals surface area contributed by atoms with Crippen LogP contribution in [0.5, 0.6) is 0 Å². The first kappa shape index (κ1) is 17.7. The Morgan fingerprint density at radius 3 is 2.74 bits per heavy atom. The number of rotatable bonds is 4. The van der Waals surface area contributed by atoms with Gasteiger partial charge in [0, 0.05) is 36.6 Å². The molecule has 3 rings (SSSR count). The summed E-state index contributed by atoms with van der Waals surface area (Å²) in [4.78, 5) is 19.6. The second-order valence-corrected chi connectivity index (χ2v) is 6.65. The molecular formula is C16H20ClN3O2S. The molecule has 124 valence electrons. The van der Waals surface area contributed by atoms with E-state index >= 15 is 0 Å². The zero-order valence-corrected chi connectivity index (χ0v) is 14.5. The van der Waals surface area contributed by atoms with Crippen LogP contribution in [0.3, 0.4) is 0 Å². The first-order valence-electron chi connectivity index (χ1n) is 7.22. The summed E-state index contributed by atoms with van der Waals surface area (Å²) in [5.41, 5.74) is 6.87. The van der Waals surface area contributed by atoms with Gasteiger partial charge in [-0.2, -0.15) is 0 Å². The minimum atomic E-state index is -0.139. The number of aromatic nitrogens is 1. The molecule has 23 heavy (non-hydrogen) atoms. The number of likely N-dealkylation sites (tertiary alicyclic amines) is 1. The van der Waals surface area contributed by atoms with Crippen molar-refractivity contribution in [2.24, 2.45) is 5.92 Å². The Hall–Kier alpha value is -1.63. The van der Waals surface area contributed by atoms with Gasteiger partial charge >= 0.3 is 5.97 Å². The van der Waals surface area contributed by atoms with Gasteiger partial charge in [-0.1, -0.05) is 30.3 Å². The normalized spacial score (nSPS) is 20.9. The molecule has 0 aliphatic carbocycles. The van der Waals surface area contributed by atoms with Crippen molar-refractivity contribution in [1.29, 1.82) is 0 Å². The van der Waals surface area contributed by atoms with Crippen LogP contribution in [0.25, 0.3) is 0 Å². The minimum Gasteiger partial charge on any atom is -0.469 e. The number of thiazole rings is 1. The predicted octanol–water partition coefficient (Wildman–Crippen LogP) is 2.54. The van der Waals surface area contributed by atoms with E-state index in [-0.39, 0.29) is 30.2 Å². The summed E-state index contributed by atoms with van der Waals surface area (Å²) in [6.45, 7) is 2.30. The summed E-state index contributed by atoms with van der Waals surface area (Å²) in [7, 11) is 1.46. The maximum atomic E-state index is 12.1. The zero-order valence-electron chi connectivity index (χ0n) is 12.8. The molecule has 0 spiro atoms. The molecule has 0 radical (unpaired) electrons. The third kappa shape index (κ3) is 4.02. The Balaban J connectivity index is 0.00000192. The van der Waals surface area contributed by atoms with Crippen molar-refractivity contribution in [1.82, 2.24) is 9.88 Å². The molecule has 0 bridgehead atoms. The van der Waals surface area contributed by atoms with Crippen LogP contribution in [-0.2, 0) is 16.1 Å². The molecule has 0 unspecified atom stereocenters. The second-order valence-electron chi connectivity index (χ2n) is 5.51. The molecule has 5 nitrogen and oxygen atoms in total. The van der Waals surface area contributed by atoms with Gasteiger partial charge in [-0.25, -0.2) is 4.98 Å². The summed E-state index contributed by atoms with van der Waals surface area (Å²) in [5.74, 6) is -0.100. The molecule has 0 amide bonds. The molecule has 2 aromatic rings. The SMILES string of the molecule is COC(=O)[C@@H]1CN(Cc2cnc(N)s2)C[C@H]1c1ccccc1.Cl. The zero-order chi connectivity index (χ0) is 15.5. The smallest absolute Gasteiger partial charge is 0.310 e. The van der Waals surface area contributed by atoms with Gasteiger partial charge in [-0.05, 0) is 5.56 Å². The summed E-state index contributed by atoms with van der Waals surface area (Å²) in [5, 5.41) is 0.582. The lowest BCUT2D eigenvalue weighted by Crippen LogP contribution is -2.24. The first-order valence-corrected chi connectivity index (χ1v) is 8.04. The summed E-state index contributed by atoms with van der Waals surface area (Å²) >= 11 is 1.50. The van der Waals surface area contributed by atoms with Crippen molar-refractivity contribution in [3.63, 3.8) is 0 Å². The number of nitrogen functional groups attached to an aromatic ring is 1. The highest BCUT2D eigenvalue weighted by Crippen LogP contribution is 2.34. The van der Waals surface area contributed by atoms with Crippen LogP contribution >= 0.6 is 23.7 Å². The lowest BCUT2D eigenvalue weighted by molar-refractivity contribution is -0.145. The quantitative estimate of drug-likeness (QED) is 0.855. The van der Waals surface area contributed by atoms with Crippen LogP contribution in [0.4, 0.5) is 5.13 Å². The molecule has 1 aliphatic rings. The molecule has 2 heterocycles. The number of carbonyl (C=O) groups excluding carboxylic acids is 1. The van der Waals surface area contributed by atoms with Gasteiger partial charge in [0.1, 0.15) is 0 Å². The van der Waals surface area contributed by atoms with Crippen molar-refractivity contribution < 1.29 is 9.53 Å². The highest BCUT2D eigenvalue weighted by molar-refractivity contribution is 7.15. The molecule has 2 N–H and O–H groups in total. The number of methoxy groups -OCH3 is 1. The number of carbonyl (C=O) groups is 1. The van der Waals surface area contributed by atoms with E-state index in [0.717, 1.165) is 18.0 Å². The lowest BCUT2D eigenvalue weighted by atomic mass is 9.89. The van der Waals surface area contributed by atoms with Crippen molar-refractivity contribution in [2.75, 3.05) is 25.9 Å². The highest BCUT2D eigenvalue weighted by Gasteiger charge is 2.39. The van der Waals surface area contributed by atoms with E-state index in [9.17, 15) is 4.79 Å². The van der Waals surface area contributed by atoms with Crippen molar-refractivity contribution >= 4 is 34.8 Å². The van der Waals surface area contributed by atoms with Crippen LogP contribution in [0.2, 0.25) is 0 Å². The standard InChI is InChI=1S/C16H19N3O2S.ClH/c1-21-15(20)14-10-19(8-12-7-18-16(17)22-12)9-13(14)11-5-3-2-4-6-11;/h2-7,13-14H,8-10H2,1H3,(H2,17,18);1H/t13-,14+;/m0./s1. The van der Waals surface area contributed by atoms with Gasteiger partial charge in [0.05, 0.1) is 13.0 Å². The van der Waals surface area contributed by atoms with Crippen molar-refractivity contribution in [2.45, 2.75) is 12.5 Å². The van der Waals surface area contributed by atoms with Gasteiger partial charge in [0.15, 0.2) is 5.13 Å². The van der Waals surface area contributed by atoms with Gasteiger partial charge in [-0.3, -0.25) is 9.69 Å². The van der Waals surface area contributed by atoms with Crippen LogP contribution in [0.1, 0.15) is 16.4 Å². The number of hydrogen-bond donors (Lipinski definition) is 1. The van der Waals surface area contributed by atoms with Crippen molar-refractivity contribution in [3.8, 4) is 0 Å². The summed E-state index contributed by atoms with van der Waals surface area (Å²) in [6.07, 6.45) is 1.81. The monoisotopic (exact) mass is 353 g/mol. The fraction of sp³-hybridized carbons (Fsp3) is 0.375. The summed E-state index contributed by atoms with van der Waals surface area (Å²) < 4.78 is 4.99. The number of nitrogens with two attached hydrogens (primary N) is 1. The predicted molar refractivity (Wildman–Crippen MR) is 93.7 cm³/mol. The van der Waals surface area contributed by atoms with E-state index < -0.39 is 0 Å². The minimum absolute atomic E-state index is 0. The maximum Gasteiger partial charge on any atom is 0.310 e.